The predicted molar refractivity (Wildman–Crippen MR) is 57.2 cm³/mol. The van der Waals surface area contributed by atoms with Gasteiger partial charge in [0.1, 0.15) is 5.82 Å². The zero-order valence-corrected chi connectivity index (χ0v) is 9.73. The third kappa shape index (κ3) is 3.12. The zero-order chi connectivity index (χ0) is 10.8. The predicted octanol–water partition coefficient (Wildman–Crippen LogP) is 3.68. The van der Waals surface area contributed by atoms with E-state index in [0.717, 1.165) is 5.56 Å². The van der Waals surface area contributed by atoms with Crippen LogP contribution in [0.15, 0.2) is 22.7 Å². The third-order valence-corrected chi connectivity index (χ3v) is 2.33. The van der Waals surface area contributed by atoms with Crippen molar-refractivity contribution in [1.29, 1.82) is 5.26 Å². The molecule has 0 aliphatic rings. The quantitative estimate of drug-likeness (QED) is 0.791. The first-order valence-electron chi connectivity index (χ1n) is 4.29. The first kappa shape index (κ1) is 11.2. The minimum Gasteiger partial charge on any atom is -0.207 e. The molecule has 1 rings (SSSR count). The first-order chi connectivity index (χ1) is 6.43. The Morgan fingerprint density at radius 1 is 1.43 bits per heavy atom. The molecule has 0 amide bonds. The lowest BCUT2D eigenvalue weighted by Gasteiger charge is -2.14. The van der Waals surface area contributed by atoms with Gasteiger partial charge >= 0.3 is 0 Å². The summed E-state index contributed by atoms with van der Waals surface area (Å²) in [5, 5.41) is 8.84. The molecule has 74 valence electrons. The minimum atomic E-state index is -0.451. The van der Waals surface area contributed by atoms with Crippen LogP contribution in [0, 0.1) is 22.6 Å². The molecule has 0 aliphatic heterocycles. The average Bonchev–Trinajstić information content (AvgIpc) is 2.01. The lowest BCUT2D eigenvalue weighted by molar-refractivity contribution is 0.491. The van der Waals surface area contributed by atoms with Gasteiger partial charge in [-0.05, 0) is 44.0 Å². The van der Waals surface area contributed by atoms with E-state index in [1.807, 2.05) is 19.9 Å². The maximum absolute atomic E-state index is 13.0. The van der Waals surface area contributed by atoms with E-state index in [2.05, 4.69) is 22.0 Å². The lowest BCUT2D eigenvalue weighted by atomic mass is 9.87. The molecule has 1 aromatic rings. The molecule has 0 N–H and O–H groups in total. The fourth-order valence-electron chi connectivity index (χ4n) is 1.26. The number of nitrogens with zero attached hydrogens (tertiary/aromatic N) is 1. The SMILES string of the molecule is CC(C)(C#N)Cc1cc(F)cc(Br)c1. The summed E-state index contributed by atoms with van der Waals surface area (Å²) in [5.41, 5.74) is 0.385. The molecule has 3 heteroatoms. The standard InChI is InChI=1S/C11H11BrFN/c1-11(2,7-14)6-8-3-9(12)5-10(13)4-8/h3-5H,6H2,1-2H3. The number of hydrogen-bond acceptors (Lipinski definition) is 1. The van der Waals surface area contributed by atoms with Crippen LogP contribution in [0.1, 0.15) is 19.4 Å². The van der Waals surface area contributed by atoms with E-state index in [0.29, 0.717) is 10.9 Å². The smallest absolute Gasteiger partial charge is 0.124 e. The van der Waals surface area contributed by atoms with Crippen molar-refractivity contribution in [3.63, 3.8) is 0 Å². The summed E-state index contributed by atoms with van der Waals surface area (Å²) in [7, 11) is 0. The van der Waals surface area contributed by atoms with Gasteiger partial charge in [0.15, 0.2) is 0 Å². The summed E-state index contributed by atoms with van der Waals surface area (Å²) in [5.74, 6) is -0.275. The molecule has 0 fully saturated rings. The Labute approximate surface area is 91.7 Å². The van der Waals surface area contributed by atoms with Gasteiger partial charge in [-0.15, -0.1) is 0 Å². The van der Waals surface area contributed by atoms with Gasteiger partial charge < -0.3 is 0 Å². The summed E-state index contributed by atoms with van der Waals surface area (Å²) in [6, 6.07) is 6.89. The van der Waals surface area contributed by atoms with Crippen LogP contribution < -0.4 is 0 Å². The highest BCUT2D eigenvalue weighted by atomic mass is 79.9. The Morgan fingerprint density at radius 3 is 2.57 bits per heavy atom. The van der Waals surface area contributed by atoms with Crippen LogP contribution in [-0.2, 0) is 6.42 Å². The van der Waals surface area contributed by atoms with Crippen molar-refractivity contribution >= 4 is 15.9 Å². The van der Waals surface area contributed by atoms with Crippen molar-refractivity contribution in [3.8, 4) is 6.07 Å². The molecule has 0 heterocycles. The van der Waals surface area contributed by atoms with Gasteiger partial charge in [-0.2, -0.15) is 5.26 Å². The van der Waals surface area contributed by atoms with Gasteiger partial charge in [0, 0.05) is 4.47 Å². The van der Waals surface area contributed by atoms with Crippen molar-refractivity contribution in [2.24, 2.45) is 5.41 Å². The molecule has 0 saturated heterocycles. The van der Waals surface area contributed by atoms with Crippen LogP contribution in [0.5, 0.6) is 0 Å². The zero-order valence-electron chi connectivity index (χ0n) is 8.14. The van der Waals surface area contributed by atoms with E-state index in [1.54, 1.807) is 0 Å². The van der Waals surface area contributed by atoms with E-state index in [9.17, 15) is 4.39 Å². The normalized spacial score (nSPS) is 11.1. The van der Waals surface area contributed by atoms with Crippen molar-refractivity contribution < 1.29 is 4.39 Å². The molecule has 0 aliphatic carbocycles. The van der Waals surface area contributed by atoms with Gasteiger partial charge in [-0.25, -0.2) is 4.39 Å². The van der Waals surface area contributed by atoms with Crippen LogP contribution >= 0.6 is 15.9 Å². The molecule has 14 heavy (non-hydrogen) atoms. The third-order valence-electron chi connectivity index (χ3n) is 1.87. The van der Waals surface area contributed by atoms with Crippen molar-refractivity contribution in [2.75, 3.05) is 0 Å². The number of benzene rings is 1. The Morgan fingerprint density at radius 2 is 2.07 bits per heavy atom. The highest BCUT2D eigenvalue weighted by Gasteiger charge is 2.17. The van der Waals surface area contributed by atoms with E-state index in [-0.39, 0.29) is 5.82 Å². The van der Waals surface area contributed by atoms with Gasteiger partial charge in [0.05, 0.1) is 11.5 Å². The minimum absolute atomic E-state index is 0.275. The number of nitriles is 1. The summed E-state index contributed by atoms with van der Waals surface area (Å²) < 4.78 is 13.7. The largest absolute Gasteiger partial charge is 0.207 e. The lowest BCUT2D eigenvalue weighted by Crippen LogP contribution is -2.11. The molecule has 0 saturated carbocycles. The Kier molecular flexibility index (Phi) is 3.28. The fraction of sp³-hybridized carbons (Fsp3) is 0.364. The molecular weight excluding hydrogens is 245 g/mol. The monoisotopic (exact) mass is 255 g/mol. The molecule has 0 bridgehead atoms. The number of halogens is 2. The molecule has 0 spiro atoms. The first-order valence-corrected chi connectivity index (χ1v) is 5.08. The summed E-state index contributed by atoms with van der Waals surface area (Å²) in [4.78, 5) is 0. The van der Waals surface area contributed by atoms with Crippen LogP contribution in [0.25, 0.3) is 0 Å². The summed E-state index contributed by atoms with van der Waals surface area (Å²) in [6.07, 6.45) is 0.555. The second-order valence-electron chi connectivity index (χ2n) is 3.95. The van der Waals surface area contributed by atoms with E-state index >= 15 is 0 Å². The van der Waals surface area contributed by atoms with Gasteiger partial charge in [-0.3, -0.25) is 0 Å². The molecule has 0 atom stereocenters. The van der Waals surface area contributed by atoms with Crippen LogP contribution in [0.4, 0.5) is 4.39 Å². The molecule has 1 nitrogen and oxygen atoms in total. The Balaban J connectivity index is 2.94. The van der Waals surface area contributed by atoms with Crippen molar-refractivity contribution in [1.82, 2.24) is 0 Å². The maximum atomic E-state index is 13.0. The maximum Gasteiger partial charge on any atom is 0.124 e. The topological polar surface area (TPSA) is 23.8 Å². The molecule has 0 radical (unpaired) electrons. The Hall–Kier alpha value is -0.880. The summed E-state index contributed by atoms with van der Waals surface area (Å²) >= 11 is 3.22. The van der Waals surface area contributed by atoms with Crippen LogP contribution in [0.2, 0.25) is 0 Å². The number of hydrogen-bond donors (Lipinski definition) is 0. The van der Waals surface area contributed by atoms with Gasteiger partial charge in [0.25, 0.3) is 0 Å². The number of rotatable bonds is 2. The fourth-order valence-corrected chi connectivity index (χ4v) is 1.78. The van der Waals surface area contributed by atoms with E-state index < -0.39 is 5.41 Å². The van der Waals surface area contributed by atoms with Gasteiger partial charge in [-0.1, -0.05) is 15.9 Å². The van der Waals surface area contributed by atoms with Gasteiger partial charge in [0.2, 0.25) is 0 Å². The van der Waals surface area contributed by atoms with E-state index in [4.69, 9.17) is 5.26 Å². The summed E-state index contributed by atoms with van der Waals surface area (Å²) in [6.45, 7) is 3.68. The highest BCUT2D eigenvalue weighted by Crippen LogP contribution is 2.23. The van der Waals surface area contributed by atoms with E-state index in [1.165, 1.54) is 12.1 Å². The van der Waals surface area contributed by atoms with Crippen LogP contribution in [0.3, 0.4) is 0 Å². The van der Waals surface area contributed by atoms with Crippen molar-refractivity contribution in [2.45, 2.75) is 20.3 Å². The molecular formula is C11H11BrFN. The average molecular weight is 256 g/mol. The molecule has 1 aromatic carbocycles. The molecule has 0 aromatic heterocycles. The second kappa shape index (κ2) is 4.10. The second-order valence-corrected chi connectivity index (χ2v) is 4.87. The highest BCUT2D eigenvalue weighted by molar-refractivity contribution is 9.10. The Bertz CT molecular complexity index is 359. The van der Waals surface area contributed by atoms with Crippen molar-refractivity contribution in [3.05, 3.63) is 34.1 Å². The van der Waals surface area contributed by atoms with Crippen LogP contribution in [-0.4, -0.2) is 0 Å². The molecule has 0 unspecified atom stereocenters.